The third-order valence-corrected chi connectivity index (χ3v) is 8.21. The molecular formula is C31H31N5O3. The number of hydrogen-bond acceptors (Lipinski definition) is 4. The summed E-state index contributed by atoms with van der Waals surface area (Å²) in [4.78, 5) is 27.7. The molecule has 2 aliphatic rings. The molecule has 0 bridgehead atoms. The lowest BCUT2D eigenvalue weighted by molar-refractivity contribution is -0.116. The van der Waals surface area contributed by atoms with Crippen LogP contribution in [0.4, 0.5) is 0 Å². The van der Waals surface area contributed by atoms with E-state index >= 15 is 0 Å². The minimum absolute atomic E-state index is 0.0318. The molecule has 2 aliphatic heterocycles. The molecule has 3 aromatic carbocycles. The molecule has 0 saturated carbocycles. The molecule has 0 spiro atoms. The van der Waals surface area contributed by atoms with Crippen molar-refractivity contribution >= 4 is 61.5 Å². The molecule has 3 N–H and O–H groups in total. The lowest BCUT2D eigenvalue weighted by atomic mass is 9.96. The summed E-state index contributed by atoms with van der Waals surface area (Å²) in [6.07, 6.45) is 3.39. The summed E-state index contributed by atoms with van der Waals surface area (Å²) in [5.41, 5.74) is 7.02. The summed E-state index contributed by atoms with van der Waals surface area (Å²) in [5.74, 6) is -0.151. The Morgan fingerprint density at radius 1 is 1.08 bits per heavy atom. The summed E-state index contributed by atoms with van der Waals surface area (Å²) >= 11 is 0. The van der Waals surface area contributed by atoms with Gasteiger partial charge in [0.05, 0.1) is 16.6 Å². The van der Waals surface area contributed by atoms with Crippen molar-refractivity contribution in [2.24, 2.45) is 5.92 Å². The second-order valence-corrected chi connectivity index (χ2v) is 11.0. The van der Waals surface area contributed by atoms with E-state index < -0.39 is 0 Å². The van der Waals surface area contributed by atoms with Crippen LogP contribution in [-0.4, -0.2) is 64.7 Å². The minimum Gasteiger partial charge on any atom is -0.396 e. The highest BCUT2D eigenvalue weighted by molar-refractivity contribution is 6.31. The van der Waals surface area contributed by atoms with E-state index in [0.29, 0.717) is 26.2 Å². The molecule has 0 fully saturated rings. The summed E-state index contributed by atoms with van der Waals surface area (Å²) in [6, 6.07) is 14.5. The fourth-order valence-electron chi connectivity index (χ4n) is 6.49. The first-order valence-electron chi connectivity index (χ1n) is 13.5. The van der Waals surface area contributed by atoms with Crippen molar-refractivity contribution in [1.82, 2.24) is 24.7 Å². The molecule has 0 aliphatic carbocycles. The van der Waals surface area contributed by atoms with Crippen molar-refractivity contribution in [3.8, 4) is 0 Å². The molecule has 198 valence electrons. The van der Waals surface area contributed by atoms with Crippen molar-refractivity contribution in [3.63, 3.8) is 0 Å². The number of aliphatic hydroxyl groups excluding tert-OH is 1. The number of nitrogens with zero attached hydrogens (tertiary/aromatic N) is 3. The van der Waals surface area contributed by atoms with Gasteiger partial charge < -0.3 is 29.8 Å². The Morgan fingerprint density at radius 3 is 2.59 bits per heavy atom. The van der Waals surface area contributed by atoms with E-state index in [1.807, 2.05) is 37.2 Å². The number of aromatic nitrogens is 2. The highest BCUT2D eigenvalue weighted by Gasteiger charge is 2.34. The molecule has 2 aromatic heterocycles. The second kappa shape index (κ2) is 8.97. The number of amides is 2. The number of nitrogens with one attached hydrogen (secondary N) is 2. The van der Waals surface area contributed by atoms with Gasteiger partial charge in [-0.1, -0.05) is 24.3 Å². The van der Waals surface area contributed by atoms with Gasteiger partial charge in [-0.15, -0.1) is 0 Å². The zero-order valence-corrected chi connectivity index (χ0v) is 22.1. The molecule has 2 amide bonds. The molecule has 7 rings (SSSR count). The lowest BCUT2D eigenvalue weighted by Gasteiger charge is -2.15. The minimum atomic E-state index is -0.133. The molecule has 39 heavy (non-hydrogen) atoms. The largest absolute Gasteiger partial charge is 0.396 e. The van der Waals surface area contributed by atoms with Crippen LogP contribution in [0, 0.1) is 5.92 Å². The number of carbonyl (C=O) groups excluding carboxylic acids is 2. The van der Waals surface area contributed by atoms with Crippen LogP contribution in [0.15, 0.2) is 48.5 Å². The maximum absolute atomic E-state index is 13.4. The summed E-state index contributed by atoms with van der Waals surface area (Å²) < 4.78 is 4.64. The molecule has 0 radical (unpaired) electrons. The van der Waals surface area contributed by atoms with Gasteiger partial charge in [-0.25, -0.2) is 0 Å². The summed E-state index contributed by atoms with van der Waals surface area (Å²) in [6.45, 7) is 3.30. The number of benzene rings is 3. The Balaban J connectivity index is 1.49. The molecular weight excluding hydrogens is 490 g/mol. The first-order valence-corrected chi connectivity index (χ1v) is 13.5. The first kappa shape index (κ1) is 23.9. The Kier molecular flexibility index (Phi) is 5.50. The average molecular weight is 522 g/mol. The van der Waals surface area contributed by atoms with E-state index in [1.54, 1.807) is 6.08 Å². The first-order chi connectivity index (χ1) is 19.0. The van der Waals surface area contributed by atoms with Crippen LogP contribution in [0.5, 0.6) is 0 Å². The van der Waals surface area contributed by atoms with Crippen LogP contribution in [0.2, 0.25) is 0 Å². The molecule has 8 heteroatoms. The lowest BCUT2D eigenvalue weighted by Crippen LogP contribution is -2.30. The van der Waals surface area contributed by atoms with Gasteiger partial charge in [-0.3, -0.25) is 9.59 Å². The number of likely N-dealkylation sites (N-methyl/N-ethyl adjacent to an activating group) is 1. The molecule has 8 nitrogen and oxygen atoms in total. The third kappa shape index (κ3) is 3.59. The Hall–Kier alpha value is -4.14. The van der Waals surface area contributed by atoms with E-state index in [9.17, 15) is 14.7 Å². The van der Waals surface area contributed by atoms with Gasteiger partial charge in [-0.05, 0) is 49.5 Å². The Morgan fingerprint density at radius 2 is 1.82 bits per heavy atom. The van der Waals surface area contributed by atoms with Crippen molar-refractivity contribution in [1.29, 1.82) is 0 Å². The summed E-state index contributed by atoms with van der Waals surface area (Å²) in [5, 5.41) is 20.6. The monoisotopic (exact) mass is 521 g/mol. The zero-order valence-electron chi connectivity index (χ0n) is 22.1. The summed E-state index contributed by atoms with van der Waals surface area (Å²) in [7, 11) is 3.94. The van der Waals surface area contributed by atoms with Crippen LogP contribution >= 0.6 is 0 Å². The van der Waals surface area contributed by atoms with Gasteiger partial charge in [0.25, 0.3) is 5.91 Å². The standard InChI is InChI=1S/C31H31N5O3/c1-34(2)12-11-32-25(38)10-8-18-7-9-24-21(13-18)27-28-22(14-33-31(28)39)26-20-5-3-4-6-23(20)35-15-19(17-37)16-36(24)30(27)29(26)35/h3-10,13,19,37H,11-12,14-17H2,1-2H3,(H,32,38)(H,33,39)/b10-8+. The number of rotatable bonds is 6. The average Bonchev–Trinajstić information content (AvgIpc) is 3.52. The maximum atomic E-state index is 13.4. The van der Waals surface area contributed by atoms with Crippen LogP contribution < -0.4 is 10.6 Å². The third-order valence-electron chi connectivity index (χ3n) is 8.21. The van der Waals surface area contributed by atoms with Crippen molar-refractivity contribution in [2.45, 2.75) is 19.6 Å². The van der Waals surface area contributed by atoms with Crippen molar-refractivity contribution < 1.29 is 14.7 Å². The topological polar surface area (TPSA) is 91.5 Å². The van der Waals surface area contributed by atoms with E-state index in [-0.39, 0.29) is 24.3 Å². The predicted molar refractivity (Wildman–Crippen MR) is 155 cm³/mol. The number of hydrogen-bond donors (Lipinski definition) is 3. The van der Waals surface area contributed by atoms with Crippen molar-refractivity contribution in [2.75, 3.05) is 33.8 Å². The number of para-hydroxylation sites is 1. The number of carbonyl (C=O) groups is 2. The van der Waals surface area contributed by atoms with Crippen LogP contribution in [0.1, 0.15) is 21.5 Å². The Bertz CT molecular complexity index is 1860. The van der Waals surface area contributed by atoms with Gasteiger partial charge >= 0.3 is 0 Å². The quantitative estimate of drug-likeness (QED) is 0.299. The van der Waals surface area contributed by atoms with Crippen molar-refractivity contribution in [3.05, 3.63) is 65.2 Å². The van der Waals surface area contributed by atoms with Crippen LogP contribution in [-0.2, 0) is 24.4 Å². The molecule has 1 atom stereocenters. The highest BCUT2D eigenvalue weighted by Crippen LogP contribution is 2.46. The van der Waals surface area contributed by atoms with E-state index in [1.165, 1.54) is 0 Å². The normalized spacial score (nSPS) is 16.8. The number of fused-ring (bicyclic) bond motifs is 9. The molecule has 1 unspecified atom stereocenters. The zero-order chi connectivity index (χ0) is 26.8. The molecule has 5 aromatic rings. The fraction of sp³-hybridized carbons (Fsp3) is 0.290. The van der Waals surface area contributed by atoms with Gasteiger partial charge in [0.2, 0.25) is 5.91 Å². The highest BCUT2D eigenvalue weighted by atomic mass is 16.3. The van der Waals surface area contributed by atoms with E-state index in [4.69, 9.17) is 0 Å². The van der Waals surface area contributed by atoms with Crippen LogP contribution in [0.25, 0.3) is 49.7 Å². The van der Waals surface area contributed by atoms with Gasteiger partial charge in [0.1, 0.15) is 0 Å². The smallest absolute Gasteiger partial charge is 0.252 e. The Labute approximate surface area is 225 Å². The van der Waals surface area contributed by atoms with Gasteiger partial charge in [0.15, 0.2) is 0 Å². The number of aliphatic hydroxyl groups is 1. The van der Waals surface area contributed by atoms with Gasteiger partial charge in [-0.2, -0.15) is 0 Å². The van der Waals surface area contributed by atoms with Gasteiger partial charge in [0, 0.05) is 83.9 Å². The van der Waals surface area contributed by atoms with E-state index in [2.05, 4.69) is 50.1 Å². The second-order valence-electron chi connectivity index (χ2n) is 11.0. The SMILES string of the molecule is CN(C)CCNC(=O)/C=C/c1ccc2c(c1)c1c3c(c4c5ccccc5n5c4c1n2CC(CO)C5)CNC3=O. The predicted octanol–water partition coefficient (Wildman–Crippen LogP) is 3.46. The van der Waals surface area contributed by atoms with E-state index in [0.717, 1.165) is 66.8 Å². The maximum Gasteiger partial charge on any atom is 0.252 e. The van der Waals surface area contributed by atoms with Crippen LogP contribution in [0.3, 0.4) is 0 Å². The fourth-order valence-corrected chi connectivity index (χ4v) is 6.49. The molecule has 4 heterocycles. The molecule has 0 saturated heterocycles.